The van der Waals surface area contributed by atoms with E-state index in [4.69, 9.17) is 4.74 Å². The number of hydrogen-bond donors (Lipinski definition) is 0. The standard InChI is InChI=1S/C31H33NO4/c1-3-36-30(35)31(24-15-8-5-9-16-24)21-20-26(25-17-10-11-18-27(25)31)29(34)32(2)22-12-19-28(33)23-13-6-4-7-14-23/h4-11,13-18,26H,3,12,19-22H2,1-2H3/t26-,31-/m0/s1. The van der Waals surface area contributed by atoms with Gasteiger partial charge in [-0.1, -0.05) is 84.9 Å². The lowest BCUT2D eigenvalue weighted by molar-refractivity contribution is -0.149. The highest BCUT2D eigenvalue weighted by Gasteiger charge is 2.49. The molecule has 5 nitrogen and oxygen atoms in total. The molecule has 0 unspecified atom stereocenters. The van der Waals surface area contributed by atoms with Crippen LogP contribution < -0.4 is 0 Å². The Kier molecular flexibility index (Phi) is 7.99. The van der Waals surface area contributed by atoms with Crippen LogP contribution in [-0.2, 0) is 19.7 Å². The molecule has 0 aromatic heterocycles. The molecule has 1 amide bonds. The Hall–Kier alpha value is -3.73. The normalized spacial score (nSPS) is 18.7. The summed E-state index contributed by atoms with van der Waals surface area (Å²) in [4.78, 5) is 41.2. The van der Waals surface area contributed by atoms with Crippen LogP contribution in [0.2, 0.25) is 0 Å². The highest BCUT2D eigenvalue weighted by atomic mass is 16.5. The molecule has 0 saturated heterocycles. The molecule has 0 heterocycles. The number of esters is 1. The van der Waals surface area contributed by atoms with E-state index >= 15 is 0 Å². The van der Waals surface area contributed by atoms with Crippen molar-refractivity contribution in [1.29, 1.82) is 0 Å². The van der Waals surface area contributed by atoms with Crippen LogP contribution in [0, 0.1) is 0 Å². The van der Waals surface area contributed by atoms with E-state index in [1.165, 1.54) is 0 Å². The van der Waals surface area contributed by atoms with Crippen molar-refractivity contribution in [3.63, 3.8) is 0 Å². The molecular weight excluding hydrogens is 450 g/mol. The number of likely N-dealkylation sites (N-methyl/N-ethyl adjacent to an activating group) is 1. The van der Waals surface area contributed by atoms with Gasteiger partial charge in [-0.25, -0.2) is 0 Å². The van der Waals surface area contributed by atoms with E-state index in [1.54, 1.807) is 11.9 Å². The molecule has 0 saturated carbocycles. The van der Waals surface area contributed by atoms with Crippen molar-refractivity contribution in [2.24, 2.45) is 0 Å². The van der Waals surface area contributed by atoms with Crippen LogP contribution in [0.1, 0.15) is 65.6 Å². The molecule has 36 heavy (non-hydrogen) atoms. The molecule has 1 aliphatic rings. The van der Waals surface area contributed by atoms with Crippen molar-refractivity contribution >= 4 is 17.7 Å². The van der Waals surface area contributed by atoms with Crippen LogP contribution in [0.4, 0.5) is 0 Å². The maximum atomic E-state index is 13.6. The third-order valence-electron chi connectivity index (χ3n) is 7.16. The molecule has 0 radical (unpaired) electrons. The van der Waals surface area contributed by atoms with Gasteiger partial charge in [-0.05, 0) is 42.9 Å². The Morgan fingerprint density at radius 2 is 1.56 bits per heavy atom. The minimum atomic E-state index is -0.939. The molecule has 186 valence electrons. The van der Waals surface area contributed by atoms with Crippen molar-refractivity contribution in [1.82, 2.24) is 4.90 Å². The lowest BCUT2D eigenvalue weighted by atomic mass is 9.63. The molecule has 0 aliphatic heterocycles. The topological polar surface area (TPSA) is 63.7 Å². The summed E-state index contributed by atoms with van der Waals surface area (Å²) in [7, 11) is 1.79. The fourth-order valence-corrected chi connectivity index (χ4v) is 5.33. The maximum absolute atomic E-state index is 13.6. The first-order valence-electron chi connectivity index (χ1n) is 12.6. The lowest BCUT2D eigenvalue weighted by Crippen LogP contribution is -2.45. The fraction of sp³-hybridized carbons (Fsp3) is 0.323. The number of ether oxygens (including phenoxy) is 1. The zero-order valence-corrected chi connectivity index (χ0v) is 21.0. The van der Waals surface area contributed by atoms with E-state index in [0.29, 0.717) is 44.4 Å². The van der Waals surface area contributed by atoms with E-state index in [9.17, 15) is 14.4 Å². The van der Waals surface area contributed by atoms with Crippen LogP contribution in [-0.4, -0.2) is 42.8 Å². The van der Waals surface area contributed by atoms with E-state index in [2.05, 4.69) is 0 Å². The van der Waals surface area contributed by atoms with Crippen LogP contribution in [0.3, 0.4) is 0 Å². The van der Waals surface area contributed by atoms with Crippen molar-refractivity contribution in [3.8, 4) is 0 Å². The number of benzene rings is 3. The van der Waals surface area contributed by atoms with E-state index in [-0.39, 0.29) is 23.6 Å². The molecule has 3 aromatic rings. The molecule has 0 spiro atoms. The molecule has 2 atom stereocenters. The van der Waals surface area contributed by atoms with Gasteiger partial charge >= 0.3 is 5.97 Å². The predicted molar refractivity (Wildman–Crippen MR) is 140 cm³/mol. The number of carbonyl (C=O) groups excluding carboxylic acids is 3. The zero-order valence-electron chi connectivity index (χ0n) is 21.0. The highest BCUT2D eigenvalue weighted by Crippen LogP contribution is 2.48. The number of fused-ring (bicyclic) bond motifs is 1. The first-order valence-corrected chi connectivity index (χ1v) is 12.6. The van der Waals surface area contributed by atoms with Gasteiger partial charge < -0.3 is 9.64 Å². The minimum absolute atomic E-state index is 0.0140. The smallest absolute Gasteiger partial charge is 0.321 e. The van der Waals surface area contributed by atoms with E-state index < -0.39 is 5.41 Å². The van der Waals surface area contributed by atoms with Gasteiger partial charge in [0.15, 0.2) is 5.78 Å². The number of carbonyl (C=O) groups is 3. The Morgan fingerprint density at radius 1 is 0.917 bits per heavy atom. The van der Waals surface area contributed by atoms with Gasteiger partial charge in [0, 0.05) is 25.6 Å². The molecule has 0 bridgehead atoms. The van der Waals surface area contributed by atoms with Crippen molar-refractivity contribution in [3.05, 3.63) is 107 Å². The molecule has 1 aliphatic carbocycles. The fourth-order valence-electron chi connectivity index (χ4n) is 5.33. The summed E-state index contributed by atoms with van der Waals surface area (Å²) in [6.07, 6.45) is 2.02. The van der Waals surface area contributed by atoms with Crippen LogP contribution in [0.5, 0.6) is 0 Å². The number of hydrogen-bond acceptors (Lipinski definition) is 4. The number of rotatable bonds is 9. The highest BCUT2D eigenvalue weighted by molar-refractivity contribution is 5.96. The molecule has 4 rings (SSSR count). The first-order chi connectivity index (χ1) is 17.5. The summed E-state index contributed by atoms with van der Waals surface area (Å²) in [5.74, 6) is -0.522. The summed E-state index contributed by atoms with van der Waals surface area (Å²) in [6, 6.07) is 26.7. The average Bonchev–Trinajstić information content (AvgIpc) is 2.93. The number of amides is 1. The summed E-state index contributed by atoms with van der Waals surface area (Å²) in [6.45, 7) is 2.61. The van der Waals surface area contributed by atoms with Crippen LogP contribution in [0.15, 0.2) is 84.9 Å². The van der Waals surface area contributed by atoms with Gasteiger partial charge in [-0.2, -0.15) is 0 Å². The second kappa shape index (κ2) is 11.3. The number of ketones is 1. The zero-order chi connectivity index (χ0) is 25.5. The third-order valence-corrected chi connectivity index (χ3v) is 7.16. The van der Waals surface area contributed by atoms with Gasteiger partial charge in [0.05, 0.1) is 12.5 Å². The summed E-state index contributed by atoms with van der Waals surface area (Å²) >= 11 is 0. The second-order valence-electron chi connectivity index (χ2n) is 9.32. The summed E-state index contributed by atoms with van der Waals surface area (Å²) < 4.78 is 5.58. The third kappa shape index (κ3) is 4.97. The Balaban J connectivity index is 1.55. The number of nitrogens with zero attached hydrogens (tertiary/aromatic N) is 1. The van der Waals surface area contributed by atoms with E-state index in [0.717, 1.165) is 16.7 Å². The lowest BCUT2D eigenvalue weighted by Gasteiger charge is -2.41. The van der Waals surface area contributed by atoms with Gasteiger partial charge in [-0.15, -0.1) is 0 Å². The predicted octanol–water partition coefficient (Wildman–Crippen LogP) is 5.53. The SMILES string of the molecule is CCOC(=O)[C@]1(c2ccccc2)CC[C@H](C(=O)N(C)CCCC(=O)c2ccccc2)c2ccccc21. The largest absolute Gasteiger partial charge is 0.465 e. The molecule has 0 fully saturated rings. The van der Waals surface area contributed by atoms with Gasteiger partial charge in [0.25, 0.3) is 0 Å². The van der Waals surface area contributed by atoms with Crippen molar-refractivity contribution in [2.75, 3.05) is 20.2 Å². The Labute approximate surface area is 213 Å². The summed E-state index contributed by atoms with van der Waals surface area (Å²) in [5.41, 5.74) is 2.36. The average molecular weight is 484 g/mol. The van der Waals surface area contributed by atoms with Crippen LogP contribution in [0.25, 0.3) is 0 Å². The first kappa shape index (κ1) is 25.4. The van der Waals surface area contributed by atoms with Gasteiger partial charge in [0.2, 0.25) is 5.91 Å². The quantitative estimate of drug-likeness (QED) is 0.296. The van der Waals surface area contributed by atoms with Gasteiger partial charge in [-0.3, -0.25) is 14.4 Å². The second-order valence-corrected chi connectivity index (χ2v) is 9.32. The van der Waals surface area contributed by atoms with Crippen LogP contribution >= 0.6 is 0 Å². The van der Waals surface area contributed by atoms with Crippen molar-refractivity contribution < 1.29 is 19.1 Å². The monoisotopic (exact) mass is 483 g/mol. The number of Topliss-reactive ketones (excluding diaryl/α,β-unsaturated/α-hetero) is 1. The van der Waals surface area contributed by atoms with Crippen molar-refractivity contribution in [2.45, 2.75) is 43.9 Å². The maximum Gasteiger partial charge on any atom is 0.321 e. The molecular formula is C31H33NO4. The molecule has 0 N–H and O–H groups in total. The van der Waals surface area contributed by atoms with E-state index in [1.807, 2.05) is 91.9 Å². The Morgan fingerprint density at radius 3 is 2.25 bits per heavy atom. The van der Waals surface area contributed by atoms with Gasteiger partial charge in [0.1, 0.15) is 5.41 Å². The summed E-state index contributed by atoms with van der Waals surface area (Å²) in [5, 5.41) is 0. The molecule has 3 aromatic carbocycles. The minimum Gasteiger partial charge on any atom is -0.465 e. The molecule has 5 heteroatoms. The Bertz CT molecular complexity index is 1210.